The lowest BCUT2D eigenvalue weighted by atomic mass is 9.99. The zero-order valence-corrected chi connectivity index (χ0v) is 25.8. The van der Waals surface area contributed by atoms with Crippen molar-refractivity contribution in [2.45, 2.75) is 0 Å². The number of hydrogen-bond acceptors (Lipinski definition) is 2. The highest BCUT2D eigenvalue weighted by Gasteiger charge is 2.16. The van der Waals surface area contributed by atoms with Gasteiger partial charge in [0.1, 0.15) is 0 Å². The van der Waals surface area contributed by atoms with Gasteiger partial charge in [0.2, 0.25) is 0 Å². The van der Waals surface area contributed by atoms with Crippen LogP contribution in [-0.4, -0.2) is 4.57 Å². The van der Waals surface area contributed by atoms with Crippen LogP contribution in [0.3, 0.4) is 0 Å². The van der Waals surface area contributed by atoms with Crippen LogP contribution in [0.5, 0.6) is 0 Å². The summed E-state index contributed by atoms with van der Waals surface area (Å²) in [6.45, 7) is 0. The summed E-state index contributed by atoms with van der Waals surface area (Å²) >= 11 is 3.74. The van der Waals surface area contributed by atoms with E-state index in [0.717, 1.165) is 0 Å². The molecule has 7 aromatic carbocycles. The molecule has 0 N–H and O–H groups in total. The minimum Gasteiger partial charge on any atom is -0.309 e. The first-order chi connectivity index (χ1) is 22.3. The summed E-state index contributed by atoms with van der Waals surface area (Å²) in [6.07, 6.45) is 0. The largest absolute Gasteiger partial charge is 0.309 e. The Hall–Kier alpha value is -5.22. The van der Waals surface area contributed by atoms with Crippen LogP contribution in [0.2, 0.25) is 0 Å². The summed E-state index contributed by atoms with van der Waals surface area (Å²) in [5.74, 6) is 0. The van der Waals surface area contributed by atoms with E-state index in [9.17, 15) is 0 Å². The molecule has 0 atom stereocenters. The van der Waals surface area contributed by atoms with Gasteiger partial charge >= 0.3 is 0 Å². The monoisotopic (exact) mass is 607 g/mol. The molecule has 3 heterocycles. The molecule has 0 saturated heterocycles. The second-order valence-corrected chi connectivity index (χ2v) is 13.9. The smallest absolute Gasteiger partial charge is 0.0541 e. The fourth-order valence-corrected chi connectivity index (χ4v) is 9.22. The summed E-state index contributed by atoms with van der Waals surface area (Å²) in [5.41, 5.74) is 8.59. The van der Waals surface area contributed by atoms with Crippen LogP contribution in [0.25, 0.3) is 90.1 Å². The fraction of sp³-hybridized carbons (Fsp3) is 0. The number of nitrogens with zero attached hydrogens (tertiary/aromatic N) is 1. The minimum absolute atomic E-state index is 1.19. The highest BCUT2D eigenvalue weighted by Crippen LogP contribution is 2.41. The third-order valence-electron chi connectivity index (χ3n) is 9.20. The normalized spacial score (nSPS) is 12.0. The molecular formula is C42H25NS2. The first kappa shape index (κ1) is 25.1. The van der Waals surface area contributed by atoms with Crippen molar-refractivity contribution in [3.8, 4) is 27.9 Å². The van der Waals surface area contributed by atoms with Crippen LogP contribution < -0.4 is 0 Å². The maximum absolute atomic E-state index is 2.45. The summed E-state index contributed by atoms with van der Waals surface area (Å²) in [5, 5.41) is 7.84. The molecule has 3 aromatic heterocycles. The number of thiophene rings is 2. The topological polar surface area (TPSA) is 4.93 Å². The Labute approximate surface area is 267 Å². The van der Waals surface area contributed by atoms with Crippen molar-refractivity contribution in [1.29, 1.82) is 0 Å². The average Bonchev–Trinajstić information content (AvgIpc) is 3.77. The van der Waals surface area contributed by atoms with E-state index in [2.05, 4.69) is 156 Å². The van der Waals surface area contributed by atoms with Crippen molar-refractivity contribution in [2.24, 2.45) is 0 Å². The lowest BCUT2D eigenvalue weighted by Gasteiger charge is -2.09. The maximum Gasteiger partial charge on any atom is 0.0541 e. The van der Waals surface area contributed by atoms with Crippen molar-refractivity contribution in [3.63, 3.8) is 0 Å². The molecule has 210 valence electrons. The van der Waals surface area contributed by atoms with E-state index in [1.165, 1.54) is 90.1 Å². The van der Waals surface area contributed by atoms with Gasteiger partial charge in [-0.3, -0.25) is 0 Å². The predicted molar refractivity (Wildman–Crippen MR) is 197 cm³/mol. The minimum atomic E-state index is 1.19. The van der Waals surface area contributed by atoms with E-state index >= 15 is 0 Å². The first-order valence-electron chi connectivity index (χ1n) is 15.3. The number of fused-ring (bicyclic) bond motifs is 9. The van der Waals surface area contributed by atoms with Gasteiger partial charge in [-0.2, -0.15) is 0 Å². The molecule has 0 amide bonds. The van der Waals surface area contributed by atoms with E-state index in [-0.39, 0.29) is 0 Å². The Kier molecular flexibility index (Phi) is 5.39. The molecule has 10 aromatic rings. The Morgan fingerprint density at radius 2 is 0.778 bits per heavy atom. The quantitative estimate of drug-likeness (QED) is 0.188. The van der Waals surface area contributed by atoms with Gasteiger partial charge < -0.3 is 4.57 Å². The Balaban J connectivity index is 1.23. The second kappa shape index (κ2) is 9.64. The standard InChI is InChI=1S/C42H25NS2/c1-2-8-26(9-3-1)27-14-18-37-33(22-27)34-23-28(29-16-20-41-35(24-29)31-10-4-6-12-39(31)44-41)15-19-38(34)43(37)30-17-21-42-36(25-30)32-11-5-7-13-40(32)45-42/h1-25H. The second-order valence-electron chi connectivity index (χ2n) is 11.8. The van der Waals surface area contributed by atoms with Gasteiger partial charge in [0.25, 0.3) is 0 Å². The molecule has 0 radical (unpaired) electrons. The molecule has 0 bridgehead atoms. The van der Waals surface area contributed by atoms with Crippen LogP contribution in [0.15, 0.2) is 152 Å². The highest BCUT2D eigenvalue weighted by atomic mass is 32.1. The number of aromatic nitrogens is 1. The number of rotatable bonds is 3. The average molecular weight is 608 g/mol. The molecule has 1 nitrogen and oxygen atoms in total. The van der Waals surface area contributed by atoms with Crippen molar-refractivity contribution >= 4 is 84.8 Å². The van der Waals surface area contributed by atoms with Crippen LogP contribution in [0, 0.1) is 0 Å². The summed E-state index contributed by atoms with van der Waals surface area (Å²) in [4.78, 5) is 0. The van der Waals surface area contributed by atoms with Gasteiger partial charge in [0.05, 0.1) is 11.0 Å². The van der Waals surface area contributed by atoms with Gasteiger partial charge in [-0.1, -0.05) is 84.9 Å². The van der Waals surface area contributed by atoms with E-state index in [4.69, 9.17) is 0 Å². The maximum atomic E-state index is 2.45. The molecule has 0 aliphatic heterocycles. The van der Waals surface area contributed by atoms with Crippen molar-refractivity contribution in [1.82, 2.24) is 4.57 Å². The Bertz CT molecular complexity index is 2760. The van der Waals surface area contributed by atoms with Gasteiger partial charge in [-0.05, 0) is 89.0 Å². The third-order valence-corrected chi connectivity index (χ3v) is 11.5. The Morgan fingerprint density at radius 1 is 0.311 bits per heavy atom. The fourth-order valence-electron chi connectivity index (χ4n) is 7.05. The molecule has 0 fully saturated rings. The lowest BCUT2D eigenvalue weighted by Crippen LogP contribution is -1.93. The molecule has 45 heavy (non-hydrogen) atoms. The van der Waals surface area contributed by atoms with E-state index in [1.807, 2.05) is 22.7 Å². The molecule has 10 rings (SSSR count). The molecule has 3 heteroatoms. The molecule has 0 saturated carbocycles. The zero-order chi connectivity index (χ0) is 29.5. The molecule has 0 aliphatic rings. The SMILES string of the molecule is c1ccc(-c2ccc3c(c2)c2cc(-c4ccc5sc6ccccc6c5c4)ccc2n3-c2ccc3sc4ccccc4c3c2)cc1. The van der Waals surface area contributed by atoms with Crippen molar-refractivity contribution < 1.29 is 0 Å². The van der Waals surface area contributed by atoms with Crippen LogP contribution >= 0.6 is 22.7 Å². The Morgan fingerprint density at radius 3 is 1.42 bits per heavy atom. The van der Waals surface area contributed by atoms with E-state index in [0.29, 0.717) is 0 Å². The van der Waals surface area contributed by atoms with Gasteiger partial charge in [0, 0.05) is 56.8 Å². The van der Waals surface area contributed by atoms with Crippen LogP contribution in [0.4, 0.5) is 0 Å². The number of hydrogen-bond donors (Lipinski definition) is 0. The van der Waals surface area contributed by atoms with Gasteiger partial charge in [-0.15, -0.1) is 22.7 Å². The summed E-state index contributed by atoms with van der Waals surface area (Å²) in [6, 6.07) is 56.0. The molecule has 0 spiro atoms. The van der Waals surface area contributed by atoms with E-state index < -0.39 is 0 Å². The summed E-state index contributed by atoms with van der Waals surface area (Å²) < 4.78 is 7.78. The molecule has 0 aliphatic carbocycles. The lowest BCUT2D eigenvalue weighted by molar-refractivity contribution is 1.19. The molecule has 0 unspecified atom stereocenters. The highest BCUT2D eigenvalue weighted by molar-refractivity contribution is 7.26. The predicted octanol–water partition coefficient (Wildman–Crippen LogP) is 12.9. The number of benzene rings is 7. The first-order valence-corrected chi connectivity index (χ1v) is 16.9. The third kappa shape index (κ3) is 3.85. The van der Waals surface area contributed by atoms with Crippen LogP contribution in [-0.2, 0) is 0 Å². The van der Waals surface area contributed by atoms with Gasteiger partial charge in [0.15, 0.2) is 0 Å². The molecular weight excluding hydrogens is 583 g/mol. The van der Waals surface area contributed by atoms with Crippen molar-refractivity contribution in [2.75, 3.05) is 0 Å². The summed E-state index contributed by atoms with van der Waals surface area (Å²) in [7, 11) is 0. The zero-order valence-electron chi connectivity index (χ0n) is 24.2. The van der Waals surface area contributed by atoms with E-state index in [1.54, 1.807) is 0 Å². The van der Waals surface area contributed by atoms with Crippen molar-refractivity contribution in [3.05, 3.63) is 152 Å². The van der Waals surface area contributed by atoms with Crippen LogP contribution in [0.1, 0.15) is 0 Å². The van der Waals surface area contributed by atoms with Gasteiger partial charge in [-0.25, -0.2) is 0 Å².